The summed E-state index contributed by atoms with van der Waals surface area (Å²) < 4.78 is 9.94. The van der Waals surface area contributed by atoms with Gasteiger partial charge in [-0.1, -0.05) is 81.8 Å². The first-order valence-electron chi connectivity index (χ1n) is 11.6. The highest BCUT2D eigenvalue weighted by Crippen LogP contribution is 2.22. The summed E-state index contributed by atoms with van der Waals surface area (Å²) >= 11 is 12.1. The van der Waals surface area contributed by atoms with Gasteiger partial charge in [-0.2, -0.15) is 0 Å². The minimum absolute atomic E-state index is 0.0909. The Kier molecular flexibility index (Phi) is 11.0. The highest BCUT2D eigenvalue weighted by molar-refractivity contribution is 6.47. The number of oxime groups is 2. The summed E-state index contributed by atoms with van der Waals surface area (Å²) in [6.45, 7) is 1.85. The molecule has 3 aromatic rings. The van der Waals surface area contributed by atoms with Crippen LogP contribution in [-0.2, 0) is 30.6 Å². The first-order valence-corrected chi connectivity index (χ1v) is 12.4. The molecule has 3 rings (SSSR count). The number of benzene rings is 3. The van der Waals surface area contributed by atoms with Crippen LogP contribution < -0.4 is 0 Å². The lowest BCUT2D eigenvalue weighted by atomic mass is 10.0. The van der Waals surface area contributed by atoms with Crippen molar-refractivity contribution in [2.24, 2.45) is 10.3 Å². The topological polar surface area (TPSA) is 78.7 Å². The van der Waals surface area contributed by atoms with Crippen LogP contribution in [0.2, 0.25) is 10.0 Å². The Morgan fingerprint density at radius 2 is 1.69 bits per heavy atom. The highest BCUT2D eigenvalue weighted by Gasteiger charge is 2.17. The van der Waals surface area contributed by atoms with E-state index in [1.807, 2.05) is 36.4 Å². The first-order chi connectivity index (χ1) is 18.9. The largest absolute Gasteiger partial charge is 0.503 e. The number of esters is 1. The van der Waals surface area contributed by atoms with E-state index in [0.717, 1.165) is 16.7 Å². The van der Waals surface area contributed by atoms with E-state index in [-0.39, 0.29) is 12.2 Å². The standard InChI is InChI=1S/C30H26Cl2N2O5/c1-20(33-39-18-24-7-5-6-8-26(24)27(19-36-2)30(35)37-3)29(34-38-4)23-13-10-21(11-14-23)9-12-22-15-16-25(31)17-28(22)32/h5-8,10-11,13-17,19H,18H2,1-4H3/b27-19+,33-20+,34-29-. The van der Waals surface area contributed by atoms with E-state index < -0.39 is 5.97 Å². The molecule has 0 N–H and O–H groups in total. The molecule has 0 saturated carbocycles. The number of ether oxygens (including phenoxy) is 2. The molecule has 3 aromatic carbocycles. The Labute approximate surface area is 237 Å². The van der Waals surface area contributed by atoms with E-state index in [2.05, 4.69) is 22.2 Å². The van der Waals surface area contributed by atoms with Crippen LogP contribution in [-0.4, -0.2) is 38.7 Å². The molecule has 0 fully saturated rings. The van der Waals surface area contributed by atoms with Gasteiger partial charge in [0.1, 0.15) is 30.7 Å². The third kappa shape index (κ3) is 8.11. The van der Waals surface area contributed by atoms with E-state index in [9.17, 15) is 4.79 Å². The Balaban J connectivity index is 1.77. The van der Waals surface area contributed by atoms with Gasteiger partial charge in [-0.05, 0) is 42.8 Å². The molecule has 200 valence electrons. The third-order valence-corrected chi connectivity index (χ3v) is 5.87. The van der Waals surface area contributed by atoms with Gasteiger partial charge in [0, 0.05) is 27.3 Å². The predicted octanol–water partition coefficient (Wildman–Crippen LogP) is 6.50. The molecule has 0 amide bonds. The van der Waals surface area contributed by atoms with Crippen molar-refractivity contribution in [3.63, 3.8) is 0 Å². The van der Waals surface area contributed by atoms with Crippen LogP contribution in [0.25, 0.3) is 5.57 Å². The zero-order valence-electron chi connectivity index (χ0n) is 21.8. The number of nitrogens with zero attached hydrogens (tertiary/aromatic N) is 2. The van der Waals surface area contributed by atoms with Gasteiger partial charge in [0.05, 0.1) is 25.5 Å². The lowest BCUT2D eigenvalue weighted by Gasteiger charge is -2.11. The van der Waals surface area contributed by atoms with E-state index in [0.29, 0.717) is 32.6 Å². The molecule has 0 aliphatic rings. The SMILES string of the molecule is CO/C=C(/C(=O)OC)c1ccccc1CO/N=C(C)/C(=N/OC)c1ccc(C#Cc2ccc(Cl)cc2Cl)cc1. The lowest BCUT2D eigenvalue weighted by molar-refractivity contribution is -0.133. The maximum absolute atomic E-state index is 12.2. The van der Waals surface area contributed by atoms with Crippen molar-refractivity contribution in [1.82, 2.24) is 0 Å². The first kappa shape index (κ1) is 29.3. The molecule has 0 spiro atoms. The van der Waals surface area contributed by atoms with Gasteiger partial charge >= 0.3 is 5.97 Å². The van der Waals surface area contributed by atoms with Crippen LogP contribution >= 0.6 is 23.2 Å². The third-order valence-electron chi connectivity index (χ3n) is 5.33. The monoisotopic (exact) mass is 564 g/mol. The van der Waals surface area contributed by atoms with Crippen molar-refractivity contribution < 1.29 is 23.9 Å². The van der Waals surface area contributed by atoms with Crippen molar-refractivity contribution in [3.8, 4) is 11.8 Å². The van der Waals surface area contributed by atoms with Gasteiger partial charge in [0.2, 0.25) is 0 Å². The average Bonchev–Trinajstić information content (AvgIpc) is 2.94. The maximum Gasteiger partial charge on any atom is 0.341 e. The minimum Gasteiger partial charge on any atom is -0.503 e. The second-order valence-corrected chi connectivity index (χ2v) is 8.78. The molecular formula is C30H26Cl2N2O5. The van der Waals surface area contributed by atoms with Crippen LogP contribution in [0.4, 0.5) is 0 Å². The number of carbonyl (C=O) groups is 1. The Bertz CT molecular complexity index is 1470. The summed E-state index contributed by atoms with van der Waals surface area (Å²) in [6.07, 6.45) is 1.33. The van der Waals surface area contributed by atoms with E-state index >= 15 is 0 Å². The second-order valence-electron chi connectivity index (χ2n) is 7.94. The molecule has 0 aromatic heterocycles. The second kappa shape index (κ2) is 14.6. The zero-order chi connectivity index (χ0) is 28.2. The summed E-state index contributed by atoms with van der Waals surface area (Å²) in [4.78, 5) is 22.9. The van der Waals surface area contributed by atoms with Crippen LogP contribution in [0.5, 0.6) is 0 Å². The summed E-state index contributed by atoms with van der Waals surface area (Å²) in [5.41, 5.74) is 4.80. The van der Waals surface area contributed by atoms with Gasteiger partial charge in [0.15, 0.2) is 0 Å². The van der Waals surface area contributed by atoms with Crippen molar-refractivity contribution in [2.75, 3.05) is 21.3 Å². The van der Waals surface area contributed by atoms with Gasteiger partial charge in [-0.3, -0.25) is 0 Å². The van der Waals surface area contributed by atoms with Crippen LogP contribution in [0.15, 0.2) is 83.3 Å². The predicted molar refractivity (Wildman–Crippen MR) is 154 cm³/mol. The van der Waals surface area contributed by atoms with E-state index in [1.165, 1.54) is 27.6 Å². The number of hydrogen-bond donors (Lipinski definition) is 0. The molecule has 0 aliphatic heterocycles. The molecule has 39 heavy (non-hydrogen) atoms. The summed E-state index contributed by atoms with van der Waals surface area (Å²) in [7, 11) is 4.22. The Hall–Kier alpha value is -4.25. The van der Waals surface area contributed by atoms with Crippen LogP contribution in [0, 0.1) is 11.8 Å². The molecular weight excluding hydrogens is 539 g/mol. The van der Waals surface area contributed by atoms with Crippen LogP contribution in [0.1, 0.15) is 34.7 Å². The quantitative estimate of drug-likeness (QED) is 0.0740. The fourth-order valence-corrected chi connectivity index (χ4v) is 3.92. The van der Waals surface area contributed by atoms with Gasteiger partial charge in [-0.25, -0.2) is 4.79 Å². The van der Waals surface area contributed by atoms with Crippen molar-refractivity contribution in [3.05, 3.63) is 111 Å². The highest BCUT2D eigenvalue weighted by atomic mass is 35.5. The van der Waals surface area contributed by atoms with Crippen LogP contribution in [0.3, 0.4) is 0 Å². The average molecular weight is 565 g/mol. The molecule has 0 saturated heterocycles. The normalized spacial score (nSPS) is 11.8. The molecule has 0 radical (unpaired) electrons. The molecule has 9 heteroatoms. The fraction of sp³-hybridized carbons (Fsp3) is 0.167. The number of hydrogen-bond acceptors (Lipinski definition) is 7. The summed E-state index contributed by atoms with van der Waals surface area (Å²) in [5.74, 6) is 5.61. The number of rotatable bonds is 9. The molecule has 0 heterocycles. The number of carbonyl (C=O) groups excluding carboxylic acids is 1. The Morgan fingerprint density at radius 1 is 0.949 bits per heavy atom. The van der Waals surface area contributed by atoms with E-state index in [4.69, 9.17) is 42.4 Å². The molecule has 7 nitrogen and oxygen atoms in total. The number of halogens is 2. The molecule has 0 aliphatic carbocycles. The van der Waals surface area contributed by atoms with Gasteiger partial charge < -0.3 is 19.1 Å². The zero-order valence-corrected chi connectivity index (χ0v) is 23.3. The van der Waals surface area contributed by atoms with Crippen molar-refractivity contribution >= 4 is 46.2 Å². The van der Waals surface area contributed by atoms with Crippen molar-refractivity contribution in [2.45, 2.75) is 13.5 Å². The van der Waals surface area contributed by atoms with Gasteiger partial charge in [0.25, 0.3) is 0 Å². The smallest absolute Gasteiger partial charge is 0.341 e. The van der Waals surface area contributed by atoms with Gasteiger partial charge in [-0.15, -0.1) is 0 Å². The Morgan fingerprint density at radius 3 is 2.36 bits per heavy atom. The maximum atomic E-state index is 12.2. The lowest BCUT2D eigenvalue weighted by Crippen LogP contribution is -2.13. The molecule has 0 unspecified atom stereocenters. The molecule has 0 bridgehead atoms. The summed E-state index contributed by atoms with van der Waals surface area (Å²) in [5, 5.41) is 9.39. The fourth-order valence-electron chi connectivity index (χ4n) is 3.46. The molecule has 0 atom stereocenters. The van der Waals surface area contributed by atoms with Crippen molar-refractivity contribution in [1.29, 1.82) is 0 Å². The van der Waals surface area contributed by atoms with E-state index in [1.54, 1.807) is 37.3 Å². The minimum atomic E-state index is -0.525. The number of methoxy groups -OCH3 is 2. The summed E-state index contributed by atoms with van der Waals surface area (Å²) in [6, 6.07) is 19.9.